The van der Waals surface area contributed by atoms with Crippen LogP contribution < -0.4 is 5.32 Å². The van der Waals surface area contributed by atoms with E-state index in [0.29, 0.717) is 0 Å². The molecule has 2 aromatic rings. The van der Waals surface area contributed by atoms with E-state index in [1.807, 2.05) is 13.8 Å². The molecule has 1 aromatic heterocycles. The molecule has 0 saturated heterocycles. The van der Waals surface area contributed by atoms with Crippen LogP contribution in [0.25, 0.3) is 0 Å². The van der Waals surface area contributed by atoms with Gasteiger partial charge < -0.3 is 20.5 Å². The maximum atomic E-state index is 12.3. The second kappa shape index (κ2) is 6.30. The molecule has 0 spiro atoms. The van der Waals surface area contributed by atoms with Crippen LogP contribution in [0.5, 0.6) is 5.75 Å². The summed E-state index contributed by atoms with van der Waals surface area (Å²) in [4.78, 5) is 29.5. The minimum absolute atomic E-state index is 0.0701. The molecule has 0 aliphatic heterocycles. The van der Waals surface area contributed by atoms with E-state index in [9.17, 15) is 14.7 Å². The Morgan fingerprint density at radius 3 is 2.41 bits per heavy atom. The van der Waals surface area contributed by atoms with E-state index >= 15 is 0 Å². The number of H-pyrrole nitrogens is 1. The van der Waals surface area contributed by atoms with E-state index < -0.39 is 11.9 Å². The Bertz CT molecular complexity index is 676. The summed E-state index contributed by atoms with van der Waals surface area (Å²) in [6.45, 7) is 3.86. The van der Waals surface area contributed by atoms with Gasteiger partial charge >= 0.3 is 5.97 Å². The predicted molar refractivity (Wildman–Crippen MR) is 78.7 cm³/mol. The number of carbonyl (C=O) groups excluding carboxylic acids is 1. The number of amides is 1. The summed E-state index contributed by atoms with van der Waals surface area (Å²) in [6, 6.07) is 6.17. The summed E-state index contributed by atoms with van der Waals surface area (Å²) in [6.07, 6.45) is 1.17. The number of carboxylic acid groups (broad SMARTS) is 1. The summed E-state index contributed by atoms with van der Waals surface area (Å²) in [5, 5.41) is 21.1. The van der Waals surface area contributed by atoms with Gasteiger partial charge in [0.1, 0.15) is 5.75 Å². The number of phenolic OH excluding ortho intramolecular Hbond substituents is 1. The molecule has 0 saturated carbocycles. The van der Waals surface area contributed by atoms with Crippen LogP contribution >= 0.6 is 0 Å². The molecule has 7 nitrogen and oxygen atoms in total. The zero-order valence-electron chi connectivity index (χ0n) is 12.2. The number of aromatic carboxylic acids is 1. The lowest BCUT2D eigenvalue weighted by atomic mass is 9.95. The molecule has 1 aromatic carbocycles. The van der Waals surface area contributed by atoms with Crippen molar-refractivity contribution >= 4 is 11.9 Å². The molecule has 22 heavy (non-hydrogen) atoms. The third kappa shape index (κ3) is 3.25. The summed E-state index contributed by atoms with van der Waals surface area (Å²) in [7, 11) is 0. The van der Waals surface area contributed by atoms with Crippen LogP contribution in [-0.4, -0.2) is 32.1 Å². The van der Waals surface area contributed by atoms with Crippen molar-refractivity contribution in [2.75, 3.05) is 0 Å². The number of nitrogens with one attached hydrogen (secondary N) is 2. The molecule has 0 radical (unpaired) electrons. The molecule has 1 heterocycles. The number of hydrogen-bond donors (Lipinski definition) is 4. The normalized spacial score (nSPS) is 12.1. The first-order valence-corrected chi connectivity index (χ1v) is 6.76. The Kier molecular flexibility index (Phi) is 4.45. The molecule has 7 heteroatoms. The molecule has 2 rings (SSSR count). The minimum Gasteiger partial charge on any atom is -0.508 e. The van der Waals surface area contributed by atoms with Gasteiger partial charge in [0.05, 0.1) is 12.4 Å². The van der Waals surface area contributed by atoms with Crippen LogP contribution in [0.15, 0.2) is 30.6 Å². The highest BCUT2D eigenvalue weighted by Gasteiger charge is 2.24. The van der Waals surface area contributed by atoms with Crippen LogP contribution in [-0.2, 0) is 0 Å². The number of nitrogens with zero attached hydrogens (tertiary/aromatic N) is 1. The molecule has 4 N–H and O–H groups in total. The van der Waals surface area contributed by atoms with Gasteiger partial charge in [-0.1, -0.05) is 26.0 Å². The number of aromatic amines is 1. The third-order valence-corrected chi connectivity index (χ3v) is 3.27. The molecule has 1 amide bonds. The van der Waals surface area contributed by atoms with Gasteiger partial charge in [-0.05, 0) is 23.6 Å². The minimum atomic E-state index is -1.24. The fourth-order valence-corrected chi connectivity index (χ4v) is 2.16. The van der Waals surface area contributed by atoms with Gasteiger partial charge in [-0.2, -0.15) is 0 Å². The largest absolute Gasteiger partial charge is 0.508 e. The van der Waals surface area contributed by atoms with Crippen LogP contribution in [0.2, 0.25) is 0 Å². The van der Waals surface area contributed by atoms with Crippen molar-refractivity contribution in [2.24, 2.45) is 5.92 Å². The Morgan fingerprint density at radius 1 is 1.23 bits per heavy atom. The highest BCUT2D eigenvalue weighted by Crippen LogP contribution is 2.24. The van der Waals surface area contributed by atoms with Crippen LogP contribution in [0.3, 0.4) is 0 Å². The molecule has 0 aliphatic carbocycles. The second-order valence-electron chi connectivity index (χ2n) is 5.22. The van der Waals surface area contributed by atoms with Crippen LogP contribution in [0.1, 0.15) is 46.4 Å². The lowest BCUT2D eigenvalue weighted by Crippen LogP contribution is -2.32. The van der Waals surface area contributed by atoms with E-state index in [1.165, 1.54) is 18.5 Å². The number of carbonyl (C=O) groups is 2. The standard InChI is InChI=1S/C15H17N3O4/c1-8(2)11(9-3-5-10(19)6-4-9)18-14(20)12-13(15(21)22)17-7-16-12/h3-8,11,19H,1-2H3,(H,16,17)(H,18,20)(H,21,22). The number of aromatic hydroxyl groups is 1. The average Bonchev–Trinajstić information content (AvgIpc) is 2.95. The first kappa shape index (κ1) is 15.6. The van der Waals surface area contributed by atoms with Crippen molar-refractivity contribution in [3.8, 4) is 5.75 Å². The Hall–Kier alpha value is -2.83. The van der Waals surface area contributed by atoms with Gasteiger partial charge in [-0.15, -0.1) is 0 Å². The molecule has 116 valence electrons. The van der Waals surface area contributed by atoms with Crippen molar-refractivity contribution in [2.45, 2.75) is 19.9 Å². The lowest BCUT2D eigenvalue weighted by molar-refractivity contribution is 0.0684. The zero-order valence-corrected chi connectivity index (χ0v) is 12.2. The number of hydrogen-bond acceptors (Lipinski definition) is 4. The average molecular weight is 303 g/mol. The third-order valence-electron chi connectivity index (χ3n) is 3.27. The van der Waals surface area contributed by atoms with Crippen molar-refractivity contribution in [3.63, 3.8) is 0 Å². The van der Waals surface area contributed by atoms with Crippen LogP contribution in [0.4, 0.5) is 0 Å². The number of rotatable bonds is 5. The molecule has 0 fully saturated rings. The topological polar surface area (TPSA) is 115 Å². The Balaban J connectivity index is 2.24. The number of phenols is 1. The van der Waals surface area contributed by atoms with Gasteiger partial charge in [-0.3, -0.25) is 4.79 Å². The molecular weight excluding hydrogens is 286 g/mol. The molecule has 0 bridgehead atoms. The first-order chi connectivity index (χ1) is 10.4. The van der Waals surface area contributed by atoms with Gasteiger partial charge in [0.2, 0.25) is 0 Å². The summed E-state index contributed by atoms with van der Waals surface area (Å²) >= 11 is 0. The quantitative estimate of drug-likeness (QED) is 0.673. The maximum Gasteiger partial charge on any atom is 0.354 e. The van der Waals surface area contributed by atoms with E-state index in [1.54, 1.807) is 12.1 Å². The fraction of sp³-hybridized carbons (Fsp3) is 0.267. The van der Waals surface area contributed by atoms with Gasteiger partial charge in [0.25, 0.3) is 5.91 Å². The van der Waals surface area contributed by atoms with Gasteiger partial charge in [-0.25, -0.2) is 9.78 Å². The van der Waals surface area contributed by atoms with Crippen molar-refractivity contribution < 1.29 is 19.8 Å². The van der Waals surface area contributed by atoms with E-state index in [2.05, 4.69) is 15.3 Å². The molecule has 1 atom stereocenters. The Morgan fingerprint density at radius 2 is 1.86 bits per heavy atom. The second-order valence-corrected chi connectivity index (χ2v) is 5.22. The SMILES string of the molecule is CC(C)C(NC(=O)c1nc[nH]c1C(=O)O)c1ccc(O)cc1. The van der Waals surface area contributed by atoms with Crippen molar-refractivity contribution in [1.82, 2.24) is 15.3 Å². The molecule has 0 aliphatic rings. The Labute approximate surface area is 127 Å². The first-order valence-electron chi connectivity index (χ1n) is 6.76. The molecular formula is C15H17N3O4. The van der Waals surface area contributed by atoms with E-state index in [-0.39, 0.29) is 29.1 Å². The van der Waals surface area contributed by atoms with Crippen molar-refractivity contribution in [3.05, 3.63) is 47.5 Å². The predicted octanol–water partition coefficient (Wildman–Crippen LogP) is 1.94. The highest BCUT2D eigenvalue weighted by atomic mass is 16.4. The summed E-state index contributed by atoms with van der Waals surface area (Å²) in [5.74, 6) is -1.60. The summed E-state index contributed by atoms with van der Waals surface area (Å²) in [5.41, 5.74) is 0.413. The summed E-state index contributed by atoms with van der Waals surface area (Å²) < 4.78 is 0. The number of benzene rings is 1. The number of aromatic nitrogens is 2. The highest BCUT2D eigenvalue weighted by molar-refractivity contribution is 6.02. The van der Waals surface area contributed by atoms with E-state index in [0.717, 1.165) is 5.56 Å². The molecule has 1 unspecified atom stereocenters. The monoisotopic (exact) mass is 303 g/mol. The van der Waals surface area contributed by atoms with Gasteiger partial charge in [0.15, 0.2) is 11.4 Å². The van der Waals surface area contributed by atoms with Gasteiger partial charge in [0, 0.05) is 0 Å². The smallest absolute Gasteiger partial charge is 0.354 e. The maximum absolute atomic E-state index is 12.3. The lowest BCUT2D eigenvalue weighted by Gasteiger charge is -2.22. The van der Waals surface area contributed by atoms with Crippen molar-refractivity contribution in [1.29, 1.82) is 0 Å². The van der Waals surface area contributed by atoms with Crippen LogP contribution in [0, 0.1) is 5.92 Å². The van der Waals surface area contributed by atoms with E-state index in [4.69, 9.17) is 5.11 Å². The number of carboxylic acids is 1. The fourth-order valence-electron chi connectivity index (χ4n) is 2.16. The number of imidazole rings is 1. The zero-order chi connectivity index (χ0) is 16.3.